The SMILES string of the molecule is CC1CCC1S(=O)c1ccc(F)cc1.O=CNCc1cn(-c2ccc(C(F)(F)F)cc2)nc1Cl. The summed E-state index contributed by atoms with van der Waals surface area (Å²) in [4.78, 5) is 11.0. The molecule has 0 spiro atoms. The maximum absolute atomic E-state index is 12.6. The Hall–Kier alpha value is -2.72. The number of carbonyl (C=O) groups excluding carboxylic acids is 1. The second-order valence-electron chi connectivity index (χ2n) is 7.78. The van der Waals surface area contributed by atoms with Crippen LogP contribution in [-0.4, -0.2) is 25.6 Å². The van der Waals surface area contributed by atoms with E-state index in [9.17, 15) is 26.6 Å². The van der Waals surface area contributed by atoms with Gasteiger partial charge in [-0.3, -0.25) is 9.00 Å². The number of alkyl halides is 3. The van der Waals surface area contributed by atoms with Gasteiger partial charge in [-0.15, -0.1) is 0 Å². The van der Waals surface area contributed by atoms with E-state index in [4.69, 9.17) is 11.6 Å². The molecule has 1 amide bonds. The van der Waals surface area contributed by atoms with Gasteiger partial charge < -0.3 is 5.32 Å². The summed E-state index contributed by atoms with van der Waals surface area (Å²) in [6.07, 6.45) is -0.116. The summed E-state index contributed by atoms with van der Waals surface area (Å²) in [6.45, 7) is 2.32. The minimum Gasteiger partial charge on any atom is -0.354 e. The monoisotopic (exact) mass is 515 g/mol. The zero-order chi connectivity index (χ0) is 24.9. The maximum Gasteiger partial charge on any atom is 0.416 e. The Balaban J connectivity index is 0.000000202. The summed E-state index contributed by atoms with van der Waals surface area (Å²) < 4.78 is 63.2. The molecule has 0 saturated heterocycles. The molecule has 1 saturated carbocycles. The van der Waals surface area contributed by atoms with E-state index in [2.05, 4.69) is 17.3 Å². The summed E-state index contributed by atoms with van der Waals surface area (Å²) in [5.74, 6) is 0.272. The average Bonchev–Trinajstić information content (AvgIpc) is 3.17. The molecular formula is C23H22ClF4N3O2S. The first-order valence-corrected chi connectivity index (χ1v) is 11.9. The second-order valence-corrected chi connectivity index (χ2v) is 9.81. The summed E-state index contributed by atoms with van der Waals surface area (Å²) in [5, 5.41) is 6.86. The molecule has 3 unspecified atom stereocenters. The van der Waals surface area contributed by atoms with Crippen LogP contribution in [0.3, 0.4) is 0 Å². The van der Waals surface area contributed by atoms with Crippen molar-refractivity contribution in [3.05, 3.63) is 76.8 Å². The first kappa shape index (κ1) is 25.9. The number of aromatic nitrogens is 2. The Morgan fingerprint density at radius 1 is 1.15 bits per heavy atom. The lowest BCUT2D eigenvalue weighted by Gasteiger charge is -2.32. The fourth-order valence-electron chi connectivity index (χ4n) is 3.29. The van der Waals surface area contributed by atoms with Crippen molar-refractivity contribution in [2.45, 2.75) is 42.6 Å². The molecule has 4 rings (SSSR count). The molecule has 0 aliphatic heterocycles. The molecule has 1 aliphatic carbocycles. The molecule has 182 valence electrons. The van der Waals surface area contributed by atoms with Crippen LogP contribution in [0.2, 0.25) is 5.15 Å². The standard InChI is InChI=1S/C12H9ClF3N3O.C11H13FOS/c13-11-8(5-17-7-20)6-19(18-11)10-3-1-9(2-4-10)12(14,15)16;1-8-2-7-11(8)14(13)10-5-3-9(12)4-6-10/h1-4,6-7H,5H2,(H,17,20);3-6,8,11H,2,7H2,1H3. The van der Waals surface area contributed by atoms with Crippen molar-refractivity contribution in [3.8, 4) is 5.69 Å². The highest BCUT2D eigenvalue weighted by molar-refractivity contribution is 7.85. The molecule has 3 atom stereocenters. The van der Waals surface area contributed by atoms with Gasteiger partial charge in [-0.1, -0.05) is 18.5 Å². The number of hydrogen-bond acceptors (Lipinski definition) is 3. The van der Waals surface area contributed by atoms with Gasteiger partial charge in [0, 0.05) is 28.5 Å². The Kier molecular flexibility index (Phi) is 8.48. The van der Waals surface area contributed by atoms with Crippen molar-refractivity contribution in [2.75, 3.05) is 0 Å². The van der Waals surface area contributed by atoms with Gasteiger partial charge in [0.2, 0.25) is 6.41 Å². The Morgan fingerprint density at radius 2 is 1.79 bits per heavy atom. The molecule has 1 aromatic heterocycles. The van der Waals surface area contributed by atoms with Gasteiger partial charge in [-0.05, 0) is 67.3 Å². The highest BCUT2D eigenvalue weighted by atomic mass is 35.5. The summed E-state index contributed by atoms with van der Waals surface area (Å²) >= 11 is 5.87. The number of halogens is 5. The number of nitrogens with zero attached hydrogens (tertiary/aromatic N) is 2. The minimum absolute atomic E-state index is 0.180. The highest BCUT2D eigenvalue weighted by Gasteiger charge is 2.32. The largest absolute Gasteiger partial charge is 0.416 e. The number of nitrogens with one attached hydrogen (secondary N) is 1. The van der Waals surface area contributed by atoms with Crippen LogP contribution < -0.4 is 5.32 Å². The van der Waals surface area contributed by atoms with E-state index < -0.39 is 22.5 Å². The summed E-state index contributed by atoms with van der Waals surface area (Å²) in [5.41, 5.74) is 0.276. The van der Waals surface area contributed by atoms with E-state index in [-0.39, 0.29) is 22.8 Å². The normalized spacial score (nSPS) is 18.3. The quantitative estimate of drug-likeness (QED) is 0.347. The van der Waals surface area contributed by atoms with Gasteiger partial charge in [0.05, 0.1) is 22.1 Å². The predicted molar refractivity (Wildman–Crippen MR) is 121 cm³/mol. The van der Waals surface area contributed by atoms with E-state index in [0.29, 0.717) is 23.6 Å². The number of benzene rings is 2. The van der Waals surface area contributed by atoms with Crippen molar-refractivity contribution in [2.24, 2.45) is 5.92 Å². The predicted octanol–water partition coefficient (Wildman–Crippen LogP) is 5.52. The van der Waals surface area contributed by atoms with Crippen LogP contribution in [-0.2, 0) is 28.3 Å². The van der Waals surface area contributed by atoms with Crippen LogP contribution in [0.4, 0.5) is 17.6 Å². The molecule has 1 N–H and O–H groups in total. The van der Waals surface area contributed by atoms with E-state index in [1.807, 2.05) is 0 Å². The minimum atomic E-state index is -4.38. The molecule has 2 aromatic carbocycles. The number of amides is 1. The van der Waals surface area contributed by atoms with Crippen LogP contribution in [0, 0.1) is 11.7 Å². The zero-order valence-electron chi connectivity index (χ0n) is 18.1. The van der Waals surface area contributed by atoms with Gasteiger partial charge >= 0.3 is 6.18 Å². The van der Waals surface area contributed by atoms with E-state index in [1.165, 1.54) is 28.9 Å². The molecule has 1 aliphatic rings. The number of hydrogen-bond donors (Lipinski definition) is 1. The molecular weight excluding hydrogens is 494 g/mol. The molecule has 5 nitrogen and oxygen atoms in total. The lowest BCUT2D eigenvalue weighted by molar-refractivity contribution is -0.137. The third kappa shape index (κ3) is 6.44. The van der Waals surface area contributed by atoms with Crippen LogP contribution in [0.5, 0.6) is 0 Å². The van der Waals surface area contributed by atoms with Crippen molar-refractivity contribution >= 4 is 28.8 Å². The fraction of sp³-hybridized carbons (Fsp3) is 0.304. The molecule has 0 radical (unpaired) electrons. The maximum atomic E-state index is 12.6. The average molecular weight is 516 g/mol. The van der Waals surface area contributed by atoms with Crippen molar-refractivity contribution in [1.29, 1.82) is 0 Å². The third-order valence-electron chi connectivity index (χ3n) is 5.44. The second kappa shape index (κ2) is 11.1. The molecule has 1 heterocycles. The van der Waals surface area contributed by atoms with Crippen molar-refractivity contribution in [1.82, 2.24) is 15.1 Å². The first-order chi connectivity index (χ1) is 16.1. The molecule has 11 heteroatoms. The van der Waals surface area contributed by atoms with Crippen LogP contribution >= 0.6 is 11.6 Å². The van der Waals surface area contributed by atoms with Gasteiger partial charge in [0.25, 0.3) is 0 Å². The van der Waals surface area contributed by atoms with Crippen LogP contribution in [0.15, 0.2) is 59.6 Å². The third-order valence-corrected chi connectivity index (χ3v) is 7.74. The van der Waals surface area contributed by atoms with E-state index in [1.54, 1.807) is 18.3 Å². The lowest BCUT2D eigenvalue weighted by atomic mass is 9.87. The van der Waals surface area contributed by atoms with Crippen LogP contribution in [0.25, 0.3) is 5.69 Å². The summed E-state index contributed by atoms with van der Waals surface area (Å²) in [6, 6.07) is 10.5. The van der Waals surface area contributed by atoms with Gasteiger partial charge in [0.1, 0.15) is 5.82 Å². The topological polar surface area (TPSA) is 64.0 Å². The number of carbonyl (C=O) groups is 1. The molecule has 34 heavy (non-hydrogen) atoms. The molecule has 0 bridgehead atoms. The lowest BCUT2D eigenvalue weighted by Crippen LogP contribution is -2.33. The van der Waals surface area contributed by atoms with E-state index in [0.717, 1.165) is 29.9 Å². The summed E-state index contributed by atoms with van der Waals surface area (Å²) in [7, 11) is -0.946. The Morgan fingerprint density at radius 3 is 2.29 bits per heavy atom. The Bertz CT molecular complexity index is 1130. The highest BCUT2D eigenvalue weighted by Crippen LogP contribution is 2.34. The van der Waals surface area contributed by atoms with Crippen molar-refractivity contribution in [3.63, 3.8) is 0 Å². The Labute approximate surface area is 201 Å². The molecule has 1 fully saturated rings. The molecule has 3 aromatic rings. The van der Waals surface area contributed by atoms with Gasteiger partial charge in [0.15, 0.2) is 5.15 Å². The smallest absolute Gasteiger partial charge is 0.354 e. The zero-order valence-corrected chi connectivity index (χ0v) is 19.6. The van der Waals surface area contributed by atoms with Crippen LogP contribution in [0.1, 0.15) is 30.9 Å². The van der Waals surface area contributed by atoms with Gasteiger partial charge in [-0.2, -0.15) is 18.3 Å². The van der Waals surface area contributed by atoms with E-state index >= 15 is 0 Å². The van der Waals surface area contributed by atoms with Gasteiger partial charge in [-0.25, -0.2) is 9.07 Å². The number of rotatable bonds is 6. The fourth-order valence-corrected chi connectivity index (χ4v) is 5.15. The first-order valence-electron chi connectivity index (χ1n) is 10.3. The van der Waals surface area contributed by atoms with Crippen molar-refractivity contribution < 1.29 is 26.6 Å².